The van der Waals surface area contributed by atoms with Crippen LogP contribution in [-0.2, 0) is 36.1 Å². The van der Waals surface area contributed by atoms with E-state index in [2.05, 4.69) is 56.1 Å². The predicted molar refractivity (Wildman–Crippen MR) is 293 cm³/mol. The lowest BCUT2D eigenvalue weighted by molar-refractivity contribution is -0.348. The first-order valence-corrected chi connectivity index (χ1v) is 26.5. The Morgan fingerprint density at radius 1 is 0.512 bits per heavy atom. The molecule has 0 unspecified atom stereocenters. The summed E-state index contributed by atoms with van der Waals surface area (Å²) in [7, 11) is -0.517. The van der Waals surface area contributed by atoms with E-state index in [1.165, 1.54) is 12.1 Å². The molecule has 5 aromatic rings. The summed E-state index contributed by atoms with van der Waals surface area (Å²) in [6.07, 6.45) is -15.1. The van der Waals surface area contributed by atoms with Crippen molar-refractivity contribution in [3.8, 4) is 11.1 Å². The molecule has 1 aliphatic heterocycles. The highest BCUT2D eigenvalue weighted by atomic mass is 19.4. The third kappa shape index (κ3) is 13.8. The first kappa shape index (κ1) is 68.5. The first-order valence-electron chi connectivity index (χ1n) is 26.5. The average molecular weight is 1160 g/mol. The molecule has 4 aromatic carbocycles. The Kier molecular flexibility index (Phi) is 21.2. The van der Waals surface area contributed by atoms with Crippen LogP contribution in [0.2, 0.25) is 0 Å². The summed E-state index contributed by atoms with van der Waals surface area (Å²) in [6, 6.07) is 24.5. The Labute approximate surface area is 472 Å². The largest absolute Gasteiger partial charge is 0.495 e. The third-order valence-electron chi connectivity index (χ3n) is 16.4. The van der Waals surface area contributed by atoms with Crippen molar-refractivity contribution in [1.29, 1.82) is 0 Å². The monoisotopic (exact) mass is 1160 g/mol. The normalized spacial score (nSPS) is 15.3. The van der Waals surface area contributed by atoms with Crippen LogP contribution in [0.25, 0.3) is 23.3 Å². The highest BCUT2D eigenvalue weighted by molar-refractivity contribution is 6.62. The molecule has 0 saturated carbocycles. The molecule has 1 fully saturated rings. The molecule has 2 N–H and O–H groups in total. The van der Waals surface area contributed by atoms with Crippen molar-refractivity contribution in [3.05, 3.63) is 165 Å². The van der Waals surface area contributed by atoms with Crippen molar-refractivity contribution in [2.75, 3.05) is 0 Å². The zero-order valence-electron chi connectivity index (χ0n) is 48.1. The lowest BCUT2D eigenvalue weighted by Gasteiger charge is -2.34. The van der Waals surface area contributed by atoms with Gasteiger partial charge >= 0.3 is 38.0 Å². The molecule has 446 valence electrons. The lowest BCUT2D eigenvalue weighted by atomic mass is 9.68. The number of aliphatic hydroxyl groups is 2. The molecule has 0 spiro atoms. The summed E-state index contributed by atoms with van der Waals surface area (Å²) in [6.45, 7) is 25.5. The third-order valence-corrected chi connectivity index (χ3v) is 16.4. The molecule has 2 heterocycles. The second-order valence-corrected chi connectivity index (χ2v) is 21.6. The van der Waals surface area contributed by atoms with E-state index in [4.69, 9.17) is 18.9 Å². The minimum atomic E-state index is -5.92. The number of halogens is 12. The number of hydrogen-bond acceptors (Lipinski definition) is 7. The number of aromatic nitrogens is 1. The molecule has 1 saturated heterocycles. The van der Waals surface area contributed by atoms with Crippen molar-refractivity contribution in [3.63, 3.8) is 0 Å². The average Bonchev–Trinajstić information content (AvgIpc) is 3.74. The minimum absolute atomic E-state index is 0.143. The molecule has 1 aliphatic rings. The number of nitrogens with zero attached hydrogens (tertiary/aromatic N) is 1. The summed E-state index contributed by atoms with van der Waals surface area (Å²) in [5, 5.41) is 18.9. The summed E-state index contributed by atoms with van der Waals surface area (Å²) in [4.78, 5) is 20.6. The van der Waals surface area contributed by atoms with Crippen molar-refractivity contribution >= 4 is 30.9 Å². The predicted octanol–water partition coefficient (Wildman–Crippen LogP) is 15.9. The summed E-state index contributed by atoms with van der Waals surface area (Å²) < 4.78 is 170. The fourth-order valence-electron chi connectivity index (χ4n) is 10.2. The number of benzene rings is 4. The molecular formula is C62H70BF12NO6. The van der Waals surface area contributed by atoms with Gasteiger partial charge in [0.1, 0.15) is 0 Å². The lowest BCUT2D eigenvalue weighted by Crippen LogP contribution is -2.55. The Bertz CT molecular complexity index is 3060. The van der Waals surface area contributed by atoms with Crippen LogP contribution in [0, 0.1) is 27.7 Å². The van der Waals surface area contributed by atoms with Gasteiger partial charge in [-0.3, -0.25) is 4.98 Å². The van der Waals surface area contributed by atoms with Gasteiger partial charge in [0.2, 0.25) is 0 Å². The number of rotatable bonds is 15. The van der Waals surface area contributed by atoms with E-state index >= 15 is 0 Å². The van der Waals surface area contributed by atoms with Crippen LogP contribution in [0.15, 0.2) is 103 Å². The van der Waals surface area contributed by atoms with E-state index in [0.29, 0.717) is 36.1 Å². The Morgan fingerprint density at radius 3 is 1.17 bits per heavy atom. The van der Waals surface area contributed by atoms with Crippen LogP contribution in [0.5, 0.6) is 0 Å². The van der Waals surface area contributed by atoms with Gasteiger partial charge in [-0.2, -0.15) is 62.3 Å². The standard InChI is InChI=1S/C31H33F6NO.C30H37BF6O3.CO2/c1-6-22-17-24(19-38-18-22)27-12-11-26(16-21(27)5)28(7-2,8-3)25-10-9-23(20(4)15-25)13-14-29(39,30(32,33)34)31(35,36)37;1-9-27(10-2,23-13-14-24(20(4)18-23)31-39-25(5,6)26(7,8)40-31)22-12-11-21(19(3)17-22)15-16-28(38,29(32,33)34)30(35,36)37;2-1-3/h9-19,39H,6-8H2,1-5H3;11-18,38H,9-10H2,1-8H3;/b14-13+;16-15+;. The summed E-state index contributed by atoms with van der Waals surface area (Å²) in [5.41, 5.74) is -0.337. The molecular weight excluding hydrogens is 1090 g/mol. The van der Waals surface area contributed by atoms with Gasteiger partial charge in [-0.05, 0) is 172 Å². The van der Waals surface area contributed by atoms with Crippen molar-refractivity contribution in [1.82, 2.24) is 4.98 Å². The number of aryl methyl sites for hydroxylation is 5. The minimum Gasteiger partial charge on any atom is -0.399 e. The van der Waals surface area contributed by atoms with Crippen LogP contribution in [-0.4, -0.2) is 75.6 Å². The number of carbonyl (C=O) groups excluding carboxylic acids is 2. The van der Waals surface area contributed by atoms with E-state index < -0.39 is 65.1 Å². The van der Waals surface area contributed by atoms with Crippen LogP contribution in [0.4, 0.5) is 52.7 Å². The van der Waals surface area contributed by atoms with E-state index in [1.54, 1.807) is 38.1 Å². The fraction of sp³-hybridized carbons (Fsp3) is 0.452. The smallest absolute Gasteiger partial charge is 0.399 e. The van der Waals surface area contributed by atoms with Gasteiger partial charge in [0.15, 0.2) is 0 Å². The molecule has 0 aliphatic carbocycles. The van der Waals surface area contributed by atoms with Crippen LogP contribution < -0.4 is 5.46 Å². The molecule has 0 radical (unpaired) electrons. The molecule has 0 atom stereocenters. The van der Waals surface area contributed by atoms with Crippen LogP contribution >= 0.6 is 0 Å². The fourth-order valence-corrected chi connectivity index (χ4v) is 10.2. The molecule has 82 heavy (non-hydrogen) atoms. The van der Waals surface area contributed by atoms with E-state index in [9.17, 15) is 62.9 Å². The first-order chi connectivity index (χ1) is 37.7. The van der Waals surface area contributed by atoms with Crippen molar-refractivity contribution < 1.29 is 81.8 Å². The highest BCUT2D eigenvalue weighted by Crippen LogP contribution is 2.48. The number of pyridine rings is 1. The maximum atomic E-state index is 13.1. The van der Waals surface area contributed by atoms with E-state index in [0.717, 1.165) is 74.8 Å². The quantitative estimate of drug-likeness (QED) is 0.0794. The van der Waals surface area contributed by atoms with E-state index in [1.807, 2.05) is 79.9 Å². The van der Waals surface area contributed by atoms with Gasteiger partial charge in [-0.1, -0.05) is 125 Å². The van der Waals surface area contributed by atoms with Gasteiger partial charge in [0, 0.05) is 28.8 Å². The topological polar surface area (TPSA) is 106 Å². The van der Waals surface area contributed by atoms with Gasteiger partial charge in [-0.25, -0.2) is 0 Å². The van der Waals surface area contributed by atoms with Gasteiger partial charge < -0.3 is 19.5 Å². The second-order valence-electron chi connectivity index (χ2n) is 21.6. The summed E-state index contributed by atoms with van der Waals surface area (Å²) in [5.74, 6) is 0. The zero-order valence-corrected chi connectivity index (χ0v) is 48.1. The zero-order chi connectivity index (χ0) is 62.5. The second kappa shape index (κ2) is 25.4. The van der Waals surface area contributed by atoms with Crippen molar-refractivity contribution in [2.24, 2.45) is 0 Å². The molecule has 20 heteroatoms. The Balaban J connectivity index is 0.000000336. The van der Waals surface area contributed by atoms with Gasteiger partial charge in [0.25, 0.3) is 11.2 Å². The summed E-state index contributed by atoms with van der Waals surface area (Å²) >= 11 is 0. The Morgan fingerprint density at radius 2 is 0.854 bits per heavy atom. The number of alkyl halides is 12. The molecule has 0 amide bonds. The molecule has 1 aromatic heterocycles. The number of hydrogen-bond donors (Lipinski definition) is 2. The SMILES string of the molecule is CCC(CC)(c1ccc(/C=C/C(O)(C(F)(F)F)C(F)(F)F)c(C)c1)c1ccc(B2OC(C)(C)C(C)(C)O2)c(C)c1.CCc1cncc(-c2ccc(C(CC)(CC)c3ccc(/C=C/C(O)(C(F)(F)F)C(F)(F)F)c(C)c3)cc2C)c1.O=C=O. The maximum absolute atomic E-state index is 13.1. The van der Waals surface area contributed by atoms with Gasteiger partial charge in [0.05, 0.1) is 11.2 Å². The Hall–Kier alpha value is -6.05. The molecule has 6 rings (SSSR count). The van der Waals surface area contributed by atoms with E-state index in [-0.39, 0.29) is 29.4 Å². The molecule has 0 bridgehead atoms. The van der Waals surface area contributed by atoms with Gasteiger partial charge in [-0.15, -0.1) is 0 Å². The maximum Gasteiger partial charge on any atom is 0.495 e. The van der Waals surface area contributed by atoms with Crippen molar-refractivity contribution in [2.45, 2.75) is 180 Å². The van der Waals surface area contributed by atoms with Crippen LogP contribution in [0.1, 0.15) is 149 Å². The van der Waals surface area contributed by atoms with Crippen LogP contribution in [0.3, 0.4) is 0 Å². The molecule has 7 nitrogen and oxygen atoms in total. The highest BCUT2D eigenvalue weighted by Gasteiger charge is 2.70.